The molecule has 41 heavy (non-hydrogen) atoms. The molecule has 11 heteroatoms. The molecule has 0 N–H and O–H groups in total. The van der Waals surface area contributed by atoms with Gasteiger partial charge >= 0.3 is 6.01 Å². The number of fused-ring (bicyclic) bond motifs is 2. The number of anilines is 2. The number of alkyl halides is 2. The van der Waals surface area contributed by atoms with Crippen molar-refractivity contribution in [3.8, 4) is 6.01 Å². The summed E-state index contributed by atoms with van der Waals surface area (Å²) in [6.07, 6.45) is 1.80. The van der Waals surface area contributed by atoms with Gasteiger partial charge in [-0.15, -0.1) is 0 Å². The number of rotatable bonds is 6. The minimum atomic E-state index is -2.73. The molecule has 4 heterocycles. The van der Waals surface area contributed by atoms with Crippen LogP contribution in [0.15, 0.2) is 49.1 Å². The Labute approximate surface area is 243 Å². The smallest absolute Gasteiger partial charge is 0.318 e. The first kappa shape index (κ1) is 27.7. The molecule has 0 aliphatic carbocycles. The number of hydrogen-bond acceptors (Lipinski definition) is 7. The summed E-state index contributed by atoms with van der Waals surface area (Å²) in [5.41, 5.74) is 2.93. The summed E-state index contributed by atoms with van der Waals surface area (Å²) >= 11 is 6.64. The SMILES string of the molecule is C=CC(=O)N1CCN(c2nc(OC[C@@H]3CC(F)(F)CN3C)nc3c2CCN(c2cccc4cccc(Cl)c24)C3)CC1. The number of likely N-dealkylation sites (N-methyl/N-ethyl adjacent to an activating group) is 1. The second-order valence-electron chi connectivity index (χ2n) is 11.0. The van der Waals surface area contributed by atoms with Crippen LogP contribution in [0, 0.1) is 0 Å². The Bertz CT molecular complexity index is 1470. The largest absolute Gasteiger partial charge is 0.462 e. The van der Waals surface area contributed by atoms with E-state index in [-0.39, 0.29) is 31.5 Å². The van der Waals surface area contributed by atoms with E-state index in [1.807, 2.05) is 18.2 Å². The molecule has 0 spiro atoms. The Morgan fingerprint density at radius 3 is 2.59 bits per heavy atom. The molecule has 0 saturated carbocycles. The molecule has 2 aromatic carbocycles. The van der Waals surface area contributed by atoms with Crippen LogP contribution in [0.5, 0.6) is 6.01 Å². The van der Waals surface area contributed by atoms with E-state index in [1.165, 1.54) is 6.08 Å². The highest BCUT2D eigenvalue weighted by Gasteiger charge is 2.43. The third-order valence-corrected chi connectivity index (χ3v) is 8.62. The summed E-state index contributed by atoms with van der Waals surface area (Å²) in [5.74, 6) is -2.02. The van der Waals surface area contributed by atoms with Crippen LogP contribution < -0.4 is 14.5 Å². The fourth-order valence-electron chi connectivity index (χ4n) is 6.14. The molecular weight excluding hydrogens is 550 g/mol. The third-order valence-electron chi connectivity index (χ3n) is 8.30. The fourth-order valence-corrected chi connectivity index (χ4v) is 6.42. The summed E-state index contributed by atoms with van der Waals surface area (Å²) in [7, 11) is 1.69. The van der Waals surface area contributed by atoms with E-state index < -0.39 is 12.0 Å². The van der Waals surface area contributed by atoms with Crippen molar-refractivity contribution in [1.29, 1.82) is 0 Å². The lowest BCUT2D eigenvalue weighted by Crippen LogP contribution is -2.49. The van der Waals surface area contributed by atoms with Crippen molar-refractivity contribution in [2.75, 3.05) is 62.7 Å². The summed E-state index contributed by atoms with van der Waals surface area (Å²) in [4.78, 5) is 29.6. The van der Waals surface area contributed by atoms with Gasteiger partial charge in [0.25, 0.3) is 5.92 Å². The van der Waals surface area contributed by atoms with Gasteiger partial charge in [-0.2, -0.15) is 9.97 Å². The molecule has 3 aliphatic rings. The Morgan fingerprint density at radius 2 is 1.88 bits per heavy atom. The number of nitrogens with zero attached hydrogens (tertiary/aromatic N) is 6. The summed E-state index contributed by atoms with van der Waals surface area (Å²) in [6.45, 7) is 7.02. The van der Waals surface area contributed by atoms with Gasteiger partial charge in [-0.25, -0.2) is 8.78 Å². The minimum absolute atomic E-state index is 0.0780. The van der Waals surface area contributed by atoms with E-state index in [1.54, 1.807) is 16.8 Å². The number of amides is 1. The van der Waals surface area contributed by atoms with Crippen molar-refractivity contribution in [1.82, 2.24) is 19.8 Å². The van der Waals surface area contributed by atoms with Crippen molar-refractivity contribution in [3.63, 3.8) is 0 Å². The van der Waals surface area contributed by atoms with Gasteiger partial charge in [0.05, 0.1) is 23.8 Å². The molecule has 1 amide bonds. The topological polar surface area (TPSA) is 65.0 Å². The number of likely N-dealkylation sites (tertiary alicyclic amines) is 1. The molecule has 0 radical (unpaired) electrons. The lowest BCUT2D eigenvalue weighted by molar-refractivity contribution is -0.126. The van der Waals surface area contributed by atoms with Crippen LogP contribution in [0.2, 0.25) is 5.02 Å². The van der Waals surface area contributed by atoms with Crippen LogP contribution in [0.25, 0.3) is 10.8 Å². The summed E-state index contributed by atoms with van der Waals surface area (Å²) < 4.78 is 34.0. The van der Waals surface area contributed by atoms with Crippen LogP contribution in [0.1, 0.15) is 17.7 Å². The zero-order valence-corrected chi connectivity index (χ0v) is 23.8. The highest BCUT2D eigenvalue weighted by atomic mass is 35.5. The lowest BCUT2D eigenvalue weighted by atomic mass is 10.0. The maximum atomic E-state index is 14.0. The number of ether oxygens (including phenoxy) is 1. The van der Waals surface area contributed by atoms with Crippen molar-refractivity contribution >= 4 is 39.8 Å². The molecule has 8 nitrogen and oxygen atoms in total. The van der Waals surface area contributed by atoms with Crippen molar-refractivity contribution in [3.05, 3.63) is 65.3 Å². The van der Waals surface area contributed by atoms with E-state index in [2.05, 4.69) is 34.6 Å². The number of hydrogen-bond donors (Lipinski definition) is 0. The van der Waals surface area contributed by atoms with E-state index in [9.17, 15) is 13.6 Å². The second kappa shape index (κ2) is 11.1. The predicted octanol–water partition coefficient (Wildman–Crippen LogP) is 4.40. The predicted molar refractivity (Wildman–Crippen MR) is 156 cm³/mol. The van der Waals surface area contributed by atoms with Gasteiger partial charge in [-0.1, -0.05) is 42.4 Å². The van der Waals surface area contributed by atoms with Crippen LogP contribution >= 0.6 is 11.6 Å². The summed E-state index contributed by atoms with van der Waals surface area (Å²) in [5, 5.41) is 2.76. The number of piperazine rings is 1. The first-order chi connectivity index (χ1) is 19.7. The van der Waals surface area contributed by atoms with Crippen molar-refractivity contribution in [2.45, 2.75) is 31.4 Å². The number of carbonyl (C=O) groups is 1. The highest BCUT2D eigenvalue weighted by Crippen LogP contribution is 2.37. The van der Waals surface area contributed by atoms with E-state index in [0.717, 1.165) is 46.5 Å². The van der Waals surface area contributed by atoms with Gasteiger partial charge in [0.15, 0.2) is 0 Å². The van der Waals surface area contributed by atoms with Gasteiger partial charge in [-0.3, -0.25) is 9.69 Å². The Hall–Kier alpha value is -3.50. The number of aromatic nitrogens is 2. The van der Waals surface area contributed by atoms with Gasteiger partial charge in [0.1, 0.15) is 12.4 Å². The molecular formula is C30H33ClF2N6O2. The molecule has 3 aromatic rings. The second-order valence-corrected chi connectivity index (χ2v) is 11.4. The highest BCUT2D eigenvalue weighted by molar-refractivity contribution is 6.36. The van der Waals surface area contributed by atoms with Gasteiger partial charge in [-0.05, 0) is 37.1 Å². The average Bonchev–Trinajstić information content (AvgIpc) is 3.25. The summed E-state index contributed by atoms with van der Waals surface area (Å²) in [6, 6.07) is 11.8. The molecule has 6 rings (SSSR count). The molecule has 1 aromatic heterocycles. The molecule has 216 valence electrons. The number of carbonyl (C=O) groups excluding carboxylic acids is 1. The molecule has 2 fully saturated rings. The normalized spacial score (nSPS) is 20.8. The quantitative estimate of drug-likeness (QED) is 0.399. The fraction of sp³-hybridized carbons (Fsp3) is 0.433. The van der Waals surface area contributed by atoms with E-state index >= 15 is 0 Å². The number of halogens is 3. The maximum Gasteiger partial charge on any atom is 0.318 e. The van der Waals surface area contributed by atoms with Crippen LogP contribution in [0.3, 0.4) is 0 Å². The van der Waals surface area contributed by atoms with Crippen LogP contribution in [-0.2, 0) is 17.8 Å². The third kappa shape index (κ3) is 5.55. The Kier molecular flexibility index (Phi) is 7.46. The zero-order valence-electron chi connectivity index (χ0n) is 23.0. The van der Waals surface area contributed by atoms with Crippen LogP contribution in [-0.4, -0.2) is 90.6 Å². The average molecular weight is 583 g/mol. The van der Waals surface area contributed by atoms with Crippen molar-refractivity contribution in [2.24, 2.45) is 0 Å². The van der Waals surface area contributed by atoms with Gasteiger partial charge in [0.2, 0.25) is 5.91 Å². The standard InChI is InChI=1S/C30H33ClF2N6O2/c1-3-26(40)37-12-14-38(15-13-37)28-22-10-11-39(25-9-5-7-20-6-4-8-23(31)27(20)25)17-24(22)34-29(35-28)41-18-21-16-30(32,33)19-36(21)2/h3-9,21H,1,10-19H2,2H3/t21-/m0/s1. The first-order valence-electron chi connectivity index (χ1n) is 13.9. The number of benzene rings is 2. The van der Waals surface area contributed by atoms with E-state index in [0.29, 0.717) is 37.7 Å². The van der Waals surface area contributed by atoms with Gasteiger partial charge in [0, 0.05) is 61.8 Å². The maximum absolute atomic E-state index is 14.0. The Morgan fingerprint density at radius 1 is 1.12 bits per heavy atom. The molecule has 3 aliphatic heterocycles. The monoisotopic (exact) mass is 582 g/mol. The minimum Gasteiger partial charge on any atom is -0.462 e. The molecule has 0 unspecified atom stereocenters. The van der Waals surface area contributed by atoms with Crippen LogP contribution in [0.4, 0.5) is 20.3 Å². The lowest BCUT2D eigenvalue weighted by Gasteiger charge is -2.38. The zero-order chi connectivity index (χ0) is 28.7. The van der Waals surface area contributed by atoms with Crippen molar-refractivity contribution < 1.29 is 18.3 Å². The Balaban J connectivity index is 1.30. The van der Waals surface area contributed by atoms with E-state index in [4.69, 9.17) is 26.3 Å². The molecule has 0 bridgehead atoms. The molecule has 2 saturated heterocycles. The first-order valence-corrected chi connectivity index (χ1v) is 14.3. The van der Waals surface area contributed by atoms with Gasteiger partial charge < -0.3 is 19.4 Å². The molecule has 1 atom stereocenters.